The highest BCUT2D eigenvalue weighted by Gasteiger charge is 2.23. The standard InChI is InChI=1S/C18H18N4O2/c23-18(14-6-9-24-16-5-2-1-4-13(16)10-14)20-11-15-12-21-22-8-3-7-19-17(15)22/h1-5,7-8,12,14H,6,9-11H2,(H,20,23)/t14-/m0/s1. The van der Waals surface area contributed by atoms with Crippen LogP contribution < -0.4 is 10.1 Å². The summed E-state index contributed by atoms with van der Waals surface area (Å²) in [7, 11) is 0. The van der Waals surface area contributed by atoms with E-state index in [1.54, 1.807) is 16.9 Å². The second-order valence-electron chi connectivity index (χ2n) is 5.92. The summed E-state index contributed by atoms with van der Waals surface area (Å²) >= 11 is 0. The number of fused-ring (bicyclic) bond motifs is 2. The number of rotatable bonds is 3. The zero-order chi connectivity index (χ0) is 16.4. The molecule has 6 nitrogen and oxygen atoms in total. The molecule has 0 radical (unpaired) electrons. The Bertz CT molecular complexity index is 874. The van der Waals surface area contributed by atoms with Gasteiger partial charge in [0.1, 0.15) is 5.75 Å². The average Bonchev–Trinajstić information content (AvgIpc) is 2.90. The summed E-state index contributed by atoms with van der Waals surface area (Å²) in [6.07, 6.45) is 6.73. The first kappa shape index (κ1) is 14.7. The summed E-state index contributed by atoms with van der Waals surface area (Å²) in [5.74, 6) is 0.855. The summed E-state index contributed by atoms with van der Waals surface area (Å²) < 4.78 is 7.44. The largest absolute Gasteiger partial charge is 0.493 e. The van der Waals surface area contributed by atoms with Gasteiger partial charge in [0.25, 0.3) is 0 Å². The van der Waals surface area contributed by atoms with Crippen molar-refractivity contribution in [3.05, 3.63) is 60.0 Å². The Balaban J connectivity index is 1.45. The number of amides is 1. The van der Waals surface area contributed by atoms with Crippen LogP contribution in [-0.2, 0) is 17.8 Å². The molecule has 3 heterocycles. The third kappa shape index (κ3) is 2.82. The number of hydrogen-bond donors (Lipinski definition) is 1. The fourth-order valence-electron chi connectivity index (χ4n) is 3.04. The normalized spacial score (nSPS) is 16.9. The predicted octanol–water partition coefficient (Wildman–Crippen LogP) is 1.99. The summed E-state index contributed by atoms with van der Waals surface area (Å²) in [5, 5.41) is 7.25. The summed E-state index contributed by atoms with van der Waals surface area (Å²) in [5.41, 5.74) is 2.77. The molecule has 3 aromatic rings. The molecule has 0 aliphatic carbocycles. The number of nitrogens with one attached hydrogen (secondary N) is 1. The van der Waals surface area contributed by atoms with Crippen molar-refractivity contribution < 1.29 is 9.53 Å². The Kier molecular flexibility index (Phi) is 3.86. The Hall–Kier alpha value is -2.89. The molecule has 1 aromatic carbocycles. The number of hydrogen-bond acceptors (Lipinski definition) is 4. The number of carbonyl (C=O) groups excluding carboxylic acids is 1. The molecule has 0 saturated heterocycles. The molecule has 1 N–H and O–H groups in total. The average molecular weight is 322 g/mol. The van der Waals surface area contributed by atoms with Crippen LogP contribution in [0.5, 0.6) is 5.75 Å². The lowest BCUT2D eigenvalue weighted by Gasteiger charge is -2.13. The van der Waals surface area contributed by atoms with E-state index in [-0.39, 0.29) is 11.8 Å². The van der Waals surface area contributed by atoms with Crippen molar-refractivity contribution in [2.45, 2.75) is 19.4 Å². The lowest BCUT2D eigenvalue weighted by atomic mass is 9.96. The first-order valence-electron chi connectivity index (χ1n) is 8.07. The Morgan fingerprint density at radius 2 is 2.25 bits per heavy atom. The quantitative estimate of drug-likeness (QED) is 0.801. The van der Waals surface area contributed by atoms with E-state index < -0.39 is 0 Å². The van der Waals surface area contributed by atoms with E-state index in [1.165, 1.54) is 0 Å². The number of aromatic nitrogens is 3. The van der Waals surface area contributed by atoms with E-state index in [2.05, 4.69) is 15.4 Å². The maximum atomic E-state index is 12.6. The molecule has 122 valence electrons. The van der Waals surface area contributed by atoms with Crippen LogP contribution in [-0.4, -0.2) is 27.1 Å². The Morgan fingerprint density at radius 1 is 1.33 bits per heavy atom. The number of nitrogens with zero attached hydrogens (tertiary/aromatic N) is 3. The smallest absolute Gasteiger partial charge is 0.223 e. The van der Waals surface area contributed by atoms with Crippen molar-refractivity contribution >= 4 is 11.6 Å². The fourth-order valence-corrected chi connectivity index (χ4v) is 3.04. The lowest BCUT2D eigenvalue weighted by Crippen LogP contribution is -2.31. The first-order chi connectivity index (χ1) is 11.8. The highest BCUT2D eigenvalue weighted by molar-refractivity contribution is 5.79. The molecule has 0 saturated carbocycles. The van der Waals surface area contributed by atoms with Crippen LogP contribution in [0.15, 0.2) is 48.9 Å². The molecule has 1 aliphatic heterocycles. The van der Waals surface area contributed by atoms with Crippen LogP contribution in [0.2, 0.25) is 0 Å². The van der Waals surface area contributed by atoms with Gasteiger partial charge < -0.3 is 10.1 Å². The van der Waals surface area contributed by atoms with Gasteiger partial charge in [0.05, 0.1) is 12.8 Å². The van der Waals surface area contributed by atoms with Crippen molar-refractivity contribution in [1.29, 1.82) is 0 Å². The molecular weight excluding hydrogens is 304 g/mol. The summed E-state index contributed by atoms with van der Waals surface area (Å²) in [4.78, 5) is 16.9. The van der Waals surface area contributed by atoms with Gasteiger partial charge in [0.15, 0.2) is 5.65 Å². The number of benzene rings is 1. The van der Waals surface area contributed by atoms with E-state index in [0.29, 0.717) is 26.0 Å². The van der Waals surface area contributed by atoms with Gasteiger partial charge in [-0.05, 0) is 30.5 Å². The molecule has 0 unspecified atom stereocenters. The number of para-hydroxylation sites is 1. The maximum absolute atomic E-state index is 12.6. The minimum absolute atomic E-state index is 0.0468. The van der Waals surface area contributed by atoms with Gasteiger partial charge in [0.2, 0.25) is 5.91 Å². The van der Waals surface area contributed by atoms with E-state index in [0.717, 1.165) is 22.5 Å². The van der Waals surface area contributed by atoms with Gasteiger partial charge in [-0.3, -0.25) is 4.79 Å². The summed E-state index contributed by atoms with van der Waals surface area (Å²) in [6.45, 7) is 0.992. The van der Waals surface area contributed by atoms with Crippen LogP contribution >= 0.6 is 0 Å². The zero-order valence-electron chi connectivity index (χ0n) is 13.2. The molecule has 24 heavy (non-hydrogen) atoms. The van der Waals surface area contributed by atoms with Crippen LogP contribution in [0.25, 0.3) is 5.65 Å². The van der Waals surface area contributed by atoms with Crippen molar-refractivity contribution in [3.63, 3.8) is 0 Å². The first-order valence-corrected chi connectivity index (χ1v) is 8.07. The molecule has 0 bridgehead atoms. The lowest BCUT2D eigenvalue weighted by molar-refractivity contribution is -0.125. The highest BCUT2D eigenvalue weighted by atomic mass is 16.5. The Morgan fingerprint density at radius 3 is 3.21 bits per heavy atom. The van der Waals surface area contributed by atoms with E-state index >= 15 is 0 Å². The predicted molar refractivity (Wildman–Crippen MR) is 88.6 cm³/mol. The molecule has 0 fully saturated rings. The second kappa shape index (κ2) is 6.31. The monoisotopic (exact) mass is 322 g/mol. The fraction of sp³-hybridized carbons (Fsp3) is 0.278. The molecule has 1 aliphatic rings. The van der Waals surface area contributed by atoms with Crippen LogP contribution in [0.4, 0.5) is 0 Å². The number of ether oxygens (including phenoxy) is 1. The Labute approximate surface area is 139 Å². The van der Waals surface area contributed by atoms with Crippen molar-refractivity contribution in [2.75, 3.05) is 6.61 Å². The molecular formula is C18H18N4O2. The van der Waals surface area contributed by atoms with Crippen LogP contribution in [0.1, 0.15) is 17.5 Å². The van der Waals surface area contributed by atoms with Gasteiger partial charge in [-0.15, -0.1) is 0 Å². The minimum Gasteiger partial charge on any atom is -0.493 e. The molecule has 6 heteroatoms. The minimum atomic E-state index is -0.0801. The van der Waals surface area contributed by atoms with E-state index in [9.17, 15) is 4.79 Å². The van der Waals surface area contributed by atoms with E-state index in [4.69, 9.17) is 4.74 Å². The van der Waals surface area contributed by atoms with Gasteiger partial charge in [-0.25, -0.2) is 9.50 Å². The zero-order valence-corrected chi connectivity index (χ0v) is 13.2. The van der Waals surface area contributed by atoms with Gasteiger partial charge >= 0.3 is 0 Å². The van der Waals surface area contributed by atoms with Crippen molar-refractivity contribution in [2.24, 2.45) is 5.92 Å². The van der Waals surface area contributed by atoms with Crippen molar-refractivity contribution in [1.82, 2.24) is 19.9 Å². The molecule has 1 atom stereocenters. The second-order valence-corrected chi connectivity index (χ2v) is 5.92. The van der Waals surface area contributed by atoms with Gasteiger partial charge in [-0.1, -0.05) is 18.2 Å². The third-order valence-corrected chi connectivity index (χ3v) is 4.34. The van der Waals surface area contributed by atoms with Crippen LogP contribution in [0, 0.1) is 5.92 Å². The molecule has 0 spiro atoms. The maximum Gasteiger partial charge on any atom is 0.223 e. The SMILES string of the molecule is O=C(NCc1cnn2cccnc12)[C@H]1CCOc2ccccc2C1. The molecule has 2 aromatic heterocycles. The summed E-state index contributed by atoms with van der Waals surface area (Å²) in [6, 6.07) is 9.74. The highest BCUT2D eigenvalue weighted by Crippen LogP contribution is 2.26. The molecule has 4 rings (SSSR count). The van der Waals surface area contributed by atoms with Gasteiger partial charge in [-0.2, -0.15) is 5.10 Å². The van der Waals surface area contributed by atoms with E-state index in [1.807, 2.05) is 36.5 Å². The topological polar surface area (TPSA) is 68.5 Å². The van der Waals surface area contributed by atoms with Crippen molar-refractivity contribution in [3.8, 4) is 5.75 Å². The van der Waals surface area contributed by atoms with Gasteiger partial charge in [0, 0.05) is 30.4 Å². The van der Waals surface area contributed by atoms with Crippen LogP contribution in [0.3, 0.4) is 0 Å². The number of carbonyl (C=O) groups is 1. The molecule has 1 amide bonds. The third-order valence-electron chi connectivity index (χ3n) is 4.34.